The Morgan fingerprint density at radius 3 is 1.16 bits per heavy atom. The van der Waals surface area contributed by atoms with E-state index in [1.165, 1.54) is 73.1 Å². The van der Waals surface area contributed by atoms with Crippen molar-refractivity contribution in [1.82, 2.24) is 9.97 Å². The zero-order chi connectivity index (χ0) is 26.9. The number of pyridine rings is 2. The minimum Gasteiger partial charge on any atom is -0.256 e. The predicted molar refractivity (Wildman–Crippen MR) is 134 cm³/mol. The van der Waals surface area contributed by atoms with Gasteiger partial charge in [0.1, 0.15) is 0 Å². The average Bonchev–Trinajstić information content (AvgIpc) is 2.92. The molecular formula is C30H18F6N2. The first kappa shape index (κ1) is 25.2. The van der Waals surface area contributed by atoms with Crippen molar-refractivity contribution in [2.45, 2.75) is 12.4 Å². The highest BCUT2D eigenvalue weighted by Crippen LogP contribution is 2.45. The fourth-order valence-electron chi connectivity index (χ4n) is 4.46. The Morgan fingerprint density at radius 1 is 0.421 bits per heavy atom. The molecule has 0 radical (unpaired) electrons. The lowest BCUT2D eigenvalue weighted by Gasteiger charge is -2.19. The van der Waals surface area contributed by atoms with Crippen LogP contribution in [0.5, 0.6) is 0 Å². The van der Waals surface area contributed by atoms with E-state index in [0.717, 1.165) is 0 Å². The van der Waals surface area contributed by atoms with Gasteiger partial charge < -0.3 is 0 Å². The molecule has 8 heteroatoms. The molecule has 0 bridgehead atoms. The third-order valence-electron chi connectivity index (χ3n) is 6.05. The fraction of sp³-hybridized carbons (Fsp3) is 0.0667. The molecule has 5 aromatic rings. The molecule has 0 aliphatic carbocycles. The van der Waals surface area contributed by atoms with Gasteiger partial charge in [0.15, 0.2) is 0 Å². The third kappa shape index (κ3) is 4.89. The summed E-state index contributed by atoms with van der Waals surface area (Å²) in [6, 6.07) is 24.0. The standard InChI is InChI=1S/C30H18F6N2/c31-29(32,33)25-23(14-16-37-27(25)19-8-3-1-4-9-19)21-12-7-13-22(18-21)24-15-17-38-28(26(24)30(34,35)36)20-10-5-2-6-11-20/h1-18H. The van der Waals surface area contributed by atoms with Crippen molar-refractivity contribution in [3.8, 4) is 44.8 Å². The van der Waals surface area contributed by atoms with Gasteiger partial charge in [0.2, 0.25) is 0 Å². The molecule has 5 rings (SSSR count). The predicted octanol–water partition coefficient (Wildman–Crippen LogP) is 9.18. The van der Waals surface area contributed by atoms with Crippen LogP contribution in [0, 0.1) is 0 Å². The molecule has 0 amide bonds. The van der Waals surface area contributed by atoms with Crippen molar-refractivity contribution >= 4 is 0 Å². The van der Waals surface area contributed by atoms with Crippen LogP contribution in [0.4, 0.5) is 26.3 Å². The highest BCUT2D eigenvalue weighted by molar-refractivity contribution is 5.82. The van der Waals surface area contributed by atoms with Crippen molar-refractivity contribution in [3.63, 3.8) is 0 Å². The number of halogens is 6. The number of rotatable bonds is 4. The monoisotopic (exact) mass is 520 g/mol. The molecular weight excluding hydrogens is 502 g/mol. The minimum atomic E-state index is -4.76. The van der Waals surface area contributed by atoms with E-state index in [4.69, 9.17) is 0 Å². The molecule has 0 N–H and O–H groups in total. The molecule has 0 saturated heterocycles. The summed E-state index contributed by atoms with van der Waals surface area (Å²) in [5.74, 6) is 0. The molecule has 0 aliphatic rings. The first-order valence-corrected chi connectivity index (χ1v) is 11.5. The maximum Gasteiger partial charge on any atom is 0.419 e. The van der Waals surface area contributed by atoms with Crippen molar-refractivity contribution in [3.05, 3.63) is 121 Å². The van der Waals surface area contributed by atoms with Crippen molar-refractivity contribution in [2.24, 2.45) is 0 Å². The van der Waals surface area contributed by atoms with Crippen molar-refractivity contribution in [2.75, 3.05) is 0 Å². The van der Waals surface area contributed by atoms with Gasteiger partial charge >= 0.3 is 12.4 Å². The largest absolute Gasteiger partial charge is 0.419 e. The number of hydrogen-bond acceptors (Lipinski definition) is 2. The second-order valence-corrected chi connectivity index (χ2v) is 8.47. The normalized spacial score (nSPS) is 11.9. The van der Waals surface area contributed by atoms with Gasteiger partial charge in [0.25, 0.3) is 0 Å². The second-order valence-electron chi connectivity index (χ2n) is 8.47. The van der Waals surface area contributed by atoms with Gasteiger partial charge in [-0.05, 0) is 40.5 Å². The van der Waals surface area contributed by atoms with Gasteiger partial charge in [-0.1, -0.05) is 78.9 Å². The van der Waals surface area contributed by atoms with E-state index in [1.807, 2.05) is 0 Å². The Labute approximate surface area is 214 Å². The summed E-state index contributed by atoms with van der Waals surface area (Å²) < 4.78 is 86.2. The summed E-state index contributed by atoms with van der Waals surface area (Å²) in [6.07, 6.45) is -7.00. The Morgan fingerprint density at radius 2 is 0.789 bits per heavy atom. The number of nitrogens with zero attached hydrogens (tertiary/aromatic N) is 2. The molecule has 0 unspecified atom stereocenters. The molecule has 2 aromatic heterocycles. The van der Waals surface area contributed by atoms with Gasteiger partial charge in [-0.25, -0.2) is 0 Å². The van der Waals surface area contributed by atoms with E-state index in [1.54, 1.807) is 36.4 Å². The van der Waals surface area contributed by atoms with Crippen LogP contribution < -0.4 is 0 Å². The molecule has 0 aliphatic heterocycles. The number of alkyl halides is 6. The van der Waals surface area contributed by atoms with Crippen LogP contribution in [0.25, 0.3) is 44.8 Å². The summed E-state index contributed by atoms with van der Waals surface area (Å²) in [5.41, 5.74) is -2.02. The van der Waals surface area contributed by atoms with Gasteiger partial charge in [-0.3, -0.25) is 9.97 Å². The van der Waals surface area contributed by atoms with Crippen LogP contribution >= 0.6 is 0 Å². The summed E-state index contributed by atoms with van der Waals surface area (Å²) in [5, 5.41) is 0. The van der Waals surface area contributed by atoms with E-state index in [9.17, 15) is 26.3 Å². The molecule has 190 valence electrons. The first-order chi connectivity index (χ1) is 18.1. The number of hydrogen-bond donors (Lipinski definition) is 0. The van der Waals surface area contributed by atoms with Crippen LogP contribution in [0.15, 0.2) is 109 Å². The lowest BCUT2D eigenvalue weighted by atomic mass is 9.91. The molecule has 2 nitrogen and oxygen atoms in total. The Bertz CT molecular complexity index is 1460. The van der Waals surface area contributed by atoms with Gasteiger partial charge in [0.05, 0.1) is 22.5 Å². The van der Waals surface area contributed by atoms with Gasteiger partial charge in [-0.15, -0.1) is 0 Å². The summed E-state index contributed by atoms with van der Waals surface area (Å²) in [7, 11) is 0. The van der Waals surface area contributed by atoms with Crippen LogP contribution in [0.1, 0.15) is 11.1 Å². The van der Waals surface area contributed by atoms with E-state index >= 15 is 0 Å². The molecule has 2 heterocycles. The second kappa shape index (κ2) is 9.78. The molecule has 0 fully saturated rings. The fourth-order valence-corrected chi connectivity index (χ4v) is 4.46. The van der Waals surface area contributed by atoms with Gasteiger partial charge in [0, 0.05) is 23.5 Å². The smallest absolute Gasteiger partial charge is 0.256 e. The summed E-state index contributed by atoms with van der Waals surface area (Å²) >= 11 is 0. The molecule has 0 atom stereocenters. The summed E-state index contributed by atoms with van der Waals surface area (Å²) in [4.78, 5) is 7.99. The van der Waals surface area contributed by atoms with Crippen LogP contribution in [-0.2, 0) is 12.4 Å². The maximum absolute atomic E-state index is 14.4. The quantitative estimate of drug-likeness (QED) is 0.221. The van der Waals surface area contributed by atoms with E-state index in [0.29, 0.717) is 0 Å². The first-order valence-electron chi connectivity index (χ1n) is 11.5. The lowest BCUT2D eigenvalue weighted by molar-refractivity contribution is -0.137. The van der Waals surface area contributed by atoms with Gasteiger partial charge in [-0.2, -0.15) is 26.3 Å². The average molecular weight is 520 g/mol. The number of aromatic nitrogens is 2. The molecule has 0 spiro atoms. The molecule has 38 heavy (non-hydrogen) atoms. The van der Waals surface area contributed by atoms with Crippen LogP contribution in [-0.4, -0.2) is 9.97 Å². The third-order valence-corrected chi connectivity index (χ3v) is 6.05. The van der Waals surface area contributed by atoms with E-state index < -0.39 is 23.5 Å². The lowest BCUT2D eigenvalue weighted by Crippen LogP contribution is -2.11. The van der Waals surface area contributed by atoms with E-state index in [2.05, 4.69) is 9.97 Å². The SMILES string of the molecule is FC(F)(F)c1c(-c2cccc(-c3ccnc(-c4ccccc4)c3C(F)(F)F)c2)ccnc1-c1ccccc1. The summed E-state index contributed by atoms with van der Waals surface area (Å²) in [6.45, 7) is 0. The zero-order valence-corrected chi connectivity index (χ0v) is 19.6. The molecule has 3 aromatic carbocycles. The van der Waals surface area contributed by atoms with E-state index in [-0.39, 0.29) is 44.8 Å². The maximum atomic E-state index is 14.4. The molecule has 0 saturated carbocycles. The highest BCUT2D eigenvalue weighted by Gasteiger charge is 2.39. The highest BCUT2D eigenvalue weighted by atomic mass is 19.4. The zero-order valence-electron chi connectivity index (χ0n) is 19.6. The van der Waals surface area contributed by atoms with Crippen molar-refractivity contribution in [1.29, 1.82) is 0 Å². The topological polar surface area (TPSA) is 25.8 Å². The number of benzene rings is 3. The Hall–Kier alpha value is -4.46. The Balaban J connectivity index is 1.72. The van der Waals surface area contributed by atoms with Crippen LogP contribution in [0.2, 0.25) is 0 Å². The van der Waals surface area contributed by atoms with Crippen molar-refractivity contribution < 1.29 is 26.3 Å². The Kier molecular flexibility index (Phi) is 6.48. The van der Waals surface area contributed by atoms with Crippen LogP contribution in [0.3, 0.4) is 0 Å². The minimum absolute atomic E-state index is 0.112.